The Morgan fingerprint density at radius 2 is 1.61 bits per heavy atom. The summed E-state index contributed by atoms with van der Waals surface area (Å²) in [5.74, 6) is -0.267. The Morgan fingerprint density at radius 1 is 1.06 bits per heavy atom. The highest BCUT2D eigenvalue weighted by Gasteiger charge is 2.16. The van der Waals surface area contributed by atoms with Crippen LogP contribution in [0.15, 0.2) is 0 Å². The van der Waals surface area contributed by atoms with Crippen molar-refractivity contribution in [1.82, 2.24) is 5.32 Å². The third kappa shape index (κ3) is 8.16. The normalized spacial score (nSPS) is 13.9. The second-order valence-corrected chi connectivity index (χ2v) is 4.43. The van der Waals surface area contributed by atoms with Crippen molar-refractivity contribution >= 4 is 12.2 Å². The van der Waals surface area contributed by atoms with Gasteiger partial charge in [-0.1, -0.05) is 6.42 Å². The van der Waals surface area contributed by atoms with Gasteiger partial charge >= 0.3 is 0 Å². The summed E-state index contributed by atoms with van der Waals surface area (Å²) >= 11 is 0. The van der Waals surface area contributed by atoms with E-state index in [0.717, 1.165) is 32.0 Å². The molecule has 0 heterocycles. The molecule has 0 aromatic carbocycles. The Kier molecular flexibility index (Phi) is 10.5. The second-order valence-electron chi connectivity index (χ2n) is 4.43. The van der Waals surface area contributed by atoms with Crippen molar-refractivity contribution in [3.63, 3.8) is 0 Å². The average molecular weight is 258 g/mol. The van der Waals surface area contributed by atoms with Gasteiger partial charge in [-0.3, -0.25) is 4.79 Å². The summed E-state index contributed by atoms with van der Waals surface area (Å²) in [4.78, 5) is 22.5. The Morgan fingerprint density at radius 3 is 2.11 bits per heavy atom. The van der Waals surface area contributed by atoms with Crippen molar-refractivity contribution in [1.29, 1.82) is 0 Å². The number of nitrogens with one attached hydrogen (secondary N) is 1. The van der Waals surface area contributed by atoms with E-state index in [9.17, 15) is 9.59 Å². The zero-order valence-corrected chi connectivity index (χ0v) is 10.9. The second kappa shape index (κ2) is 11.1. The first-order valence-corrected chi connectivity index (χ1v) is 6.57. The molecule has 2 unspecified atom stereocenters. The van der Waals surface area contributed by atoms with Crippen LogP contribution in [0.1, 0.15) is 38.5 Å². The largest absolute Gasteiger partial charge is 0.345 e. The maximum absolute atomic E-state index is 11.7. The first-order chi connectivity index (χ1) is 8.65. The molecule has 0 saturated heterocycles. The fraction of sp³-hybridized carbons (Fsp3) is 0.833. The van der Waals surface area contributed by atoms with Crippen molar-refractivity contribution in [2.24, 2.45) is 17.2 Å². The molecule has 0 aliphatic carbocycles. The molecular formula is C12H26N4O2. The van der Waals surface area contributed by atoms with Gasteiger partial charge in [0, 0.05) is 0 Å². The van der Waals surface area contributed by atoms with Crippen molar-refractivity contribution in [3.05, 3.63) is 0 Å². The molecule has 0 spiro atoms. The maximum atomic E-state index is 11.7. The molecule has 0 saturated carbocycles. The molecule has 0 aliphatic rings. The van der Waals surface area contributed by atoms with Gasteiger partial charge in [-0.25, -0.2) is 0 Å². The zero-order chi connectivity index (χ0) is 13.8. The van der Waals surface area contributed by atoms with Gasteiger partial charge in [0.15, 0.2) is 0 Å². The van der Waals surface area contributed by atoms with E-state index in [4.69, 9.17) is 17.2 Å². The van der Waals surface area contributed by atoms with Gasteiger partial charge in [-0.2, -0.15) is 0 Å². The van der Waals surface area contributed by atoms with Crippen LogP contribution in [0.2, 0.25) is 0 Å². The smallest absolute Gasteiger partial charge is 0.237 e. The highest BCUT2D eigenvalue weighted by atomic mass is 16.2. The van der Waals surface area contributed by atoms with E-state index < -0.39 is 12.1 Å². The number of hydrogen-bond acceptors (Lipinski definition) is 5. The van der Waals surface area contributed by atoms with Crippen LogP contribution in [0.5, 0.6) is 0 Å². The summed E-state index contributed by atoms with van der Waals surface area (Å²) in [6.45, 7) is 1.20. The van der Waals surface area contributed by atoms with Crippen LogP contribution in [0.3, 0.4) is 0 Å². The van der Waals surface area contributed by atoms with Crippen LogP contribution in [-0.2, 0) is 9.59 Å². The summed E-state index contributed by atoms with van der Waals surface area (Å²) in [5, 5.41) is 2.65. The number of rotatable bonds is 11. The Balaban J connectivity index is 3.89. The topological polar surface area (TPSA) is 124 Å². The molecule has 106 valence electrons. The Hall–Kier alpha value is -0.980. The molecule has 0 aromatic rings. The number of unbranched alkanes of at least 4 members (excludes halogenated alkanes) is 2. The lowest BCUT2D eigenvalue weighted by molar-refractivity contribution is -0.125. The molecule has 7 N–H and O–H groups in total. The molecule has 0 aliphatic heterocycles. The van der Waals surface area contributed by atoms with Crippen LogP contribution < -0.4 is 22.5 Å². The lowest BCUT2D eigenvalue weighted by Crippen LogP contribution is -2.46. The molecule has 6 heteroatoms. The molecule has 18 heavy (non-hydrogen) atoms. The van der Waals surface area contributed by atoms with Gasteiger partial charge in [-0.05, 0) is 45.2 Å². The lowest BCUT2D eigenvalue weighted by atomic mass is 10.1. The molecule has 6 nitrogen and oxygen atoms in total. The van der Waals surface area contributed by atoms with Gasteiger partial charge < -0.3 is 27.3 Å². The van der Waals surface area contributed by atoms with Crippen LogP contribution in [-0.4, -0.2) is 37.4 Å². The SMILES string of the molecule is NCCCCC(C=O)NC(=O)C(N)CCCCN. The number of nitrogens with two attached hydrogens (primary N) is 3. The van der Waals surface area contributed by atoms with Gasteiger partial charge in [0.05, 0.1) is 12.1 Å². The van der Waals surface area contributed by atoms with E-state index in [0.29, 0.717) is 25.9 Å². The summed E-state index contributed by atoms with van der Waals surface area (Å²) in [6, 6.07) is -1.02. The zero-order valence-electron chi connectivity index (χ0n) is 10.9. The minimum absolute atomic E-state index is 0.267. The van der Waals surface area contributed by atoms with Gasteiger partial charge in [-0.15, -0.1) is 0 Å². The van der Waals surface area contributed by atoms with E-state index >= 15 is 0 Å². The maximum Gasteiger partial charge on any atom is 0.237 e. The van der Waals surface area contributed by atoms with Crippen molar-refractivity contribution < 1.29 is 9.59 Å². The molecule has 0 fully saturated rings. The minimum atomic E-state index is -0.562. The molecule has 0 radical (unpaired) electrons. The number of carbonyl (C=O) groups excluding carboxylic acids is 2. The predicted octanol–water partition coefficient (Wildman–Crippen LogP) is -0.745. The van der Waals surface area contributed by atoms with Crippen LogP contribution in [0, 0.1) is 0 Å². The number of amides is 1. The number of hydrogen-bond donors (Lipinski definition) is 4. The van der Waals surface area contributed by atoms with Crippen LogP contribution >= 0.6 is 0 Å². The molecule has 0 aromatic heterocycles. The van der Waals surface area contributed by atoms with E-state index in [1.807, 2.05) is 0 Å². The van der Waals surface area contributed by atoms with E-state index in [1.165, 1.54) is 0 Å². The van der Waals surface area contributed by atoms with E-state index in [-0.39, 0.29) is 5.91 Å². The molecule has 0 bridgehead atoms. The summed E-state index contributed by atoms with van der Waals surface area (Å²) in [6.07, 6.45) is 5.31. The first-order valence-electron chi connectivity index (χ1n) is 6.57. The molecule has 2 atom stereocenters. The quantitative estimate of drug-likeness (QED) is 0.287. The summed E-state index contributed by atoms with van der Waals surface area (Å²) in [7, 11) is 0. The minimum Gasteiger partial charge on any atom is -0.345 e. The predicted molar refractivity (Wildman–Crippen MR) is 71.8 cm³/mol. The fourth-order valence-corrected chi connectivity index (χ4v) is 1.61. The third-order valence-electron chi connectivity index (χ3n) is 2.77. The van der Waals surface area contributed by atoms with E-state index in [1.54, 1.807) is 0 Å². The Bertz CT molecular complexity index is 236. The van der Waals surface area contributed by atoms with Gasteiger partial charge in [0.1, 0.15) is 6.29 Å². The highest BCUT2D eigenvalue weighted by Crippen LogP contribution is 2.01. The number of carbonyl (C=O) groups is 2. The molecule has 1 amide bonds. The highest BCUT2D eigenvalue weighted by molar-refractivity contribution is 5.84. The van der Waals surface area contributed by atoms with Crippen molar-refractivity contribution in [2.75, 3.05) is 13.1 Å². The van der Waals surface area contributed by atoms with Crippen LogP contribution in [0.4, 0.5) is 0 Å². The average Bonchev–Trinajstić information content (AvgIpc) is 2.37. The van der Waals surface area contributed by atoms with Gasteiger partial charge in [0.2, 0.25) is 5.91 Å². The van der Waals surface area contributed by atoms with E-state index in [2.05, 4.69) is 5.32 Å². The van der Waals surface area contributed by atoms with Crippen LogP contribution in [0.25, 0.3) is 0 Å². The summed E-state index contributed by atoms with van der Waals surface area (Å²) in [5.41, 5.74) is 16.5. The standard InChI is InChI=1S/C12H26N4O2/c13-7-3-1-5-10(9-17)16-12(18)11(15)6-2-4-8-14/h9-11H,1-8,13-15H2,(H,16,18). The third-order valence-corrected chi connectivity index (χ3v) is 2.77. The number of aldehydes is 1. The van der Waals surface area contributed by atoms with Gasteiger partial charge in [0.25, 0.3) is 0 Å². The molecule has 0 rings (SSSR count). The van der Waals surface area contributed by atoms with Crippen molar-refractivity contribution in [3.8, 4) is 0 Å². The molecular weight excluding hydrogens is 232 g/mol. The monoisotopic (exact) mass is 258 g/mol. The summed E-state index contributed by atoms with van der Waals surface area (Å²) < 4.78 is 0. The Labute approximate surface area is 109 Å². The fourth-order valence-electron chi connectivity index (χ4n) is 1.61. The first kappa shape index (κ1) is 17.0. The van der Waals surface area contributed by atoms with Crippen molar-refractivity contribution in [2.45, 2.75) is 50.6 Å². The lowest BCUT2D eigenvalue weighted by Gasteiger charge is -2.16.